The van der Waals surface area contributed by atoms with Crippen LogP contribution < -0.4 is 0 Å². The van der Waals surface area contributed by atoms with Gasteiger partial charge < -0.3 is 4.90 Å². The third-order valence-electron chi connectivity index (χ3n) is 3.76. The molecule has 0 atom stereocenters. The average molecular weight is 296 g/mol. The van der Waals surface area contributed by atoms with Gasteiger partial charge in [-0.15, -0.1) is 0 Å². The van der Waals surface area contributed by atoms with Crippen LogP contribution in [0.15, 0.2) is 42.6 Å². The number of aryl methyl sites for hydroxylation is 3. The lowest BCUT2D eigenvalue weighted by molar-refractivity contribution is -0.129. The predicted octanol–water partition coefficient (Wildman–Crippen LogP) is 3.33. The molecule has 2 aromatic rings. The van der Waals surface area contributed by atoms with Crippen LogP contribution in [-0.4, -0.2) is 29.4 Å². The van der Waals surface area contributed by atoms with Gasteiger partial charge >= 0.3 is 0 Å². The summed E-state index contributed by atoms with van der Waals surface area (Å²) >= 11 is 0. The van der Waals surface area contributed by atoms with E-state index in [1.807, 2.05) is 25.2 Å². The second-order valence-electron chi connectivity index (χ2n) is 5.88. The summed E-state index contributed by atoms with van der Waals surface area (Å²) in [5.74, 6) is 0.190. The first-order valence-corrected chi connectivity index (χ1v) is 7.75. The monoisotopic (exact) mass is 296 g/mol. The van der Waals surface area contributed by atoms with Crippen LogP contribution in [0, 0.1) is 13.8 Å². The van der Waals surface area contributed by atoms with Crippen LogP contribution >= 0.6 is 0 Å². The zero-order chi connectivity index (χ0) is 15.9. The normalized spacial score (nSPS) is 10.5. The number of rotatable bonds is 6. The van der Waals surface area contributed by atoms with Crippen molar-refractivity contribution >= 4 is 5.91 Å². The van der Waals surface area contributed by atoms with E-state index in [9.17, 15) is 4.79 Å². The van der Waals surface area contributed by atoms with E-state index in [4.69, 9.17) is 0 Å². The minimum atomic E-state index is 0.190. The van der Waals surface area contributed by atoms with Crippen molar-refractivity contribution in [2.45, 2.75) is 33.1 Å². The molecule has 0 aliphatic heterocycles. The first kappa shape index (κ1) is 16.2. The summed E-state index contributed by atoms with van der Waals surface area (Å²) in [5.41, 5.74) is 4.78. The molecule has 0 aliphatic carbocycles. The standard InChI is InChI=1S/C19H24N2O/c1-15-12-16(2)14-17(13-15)7-8-19(22)21(3)11-9-18-6-4-5-10-20-18/h4-6,10,12-14H,7-9,11H2,1-3H3. The molecule has 0 fully saturated rings. The molecule has 0 bridgehead atoms. The number of aromatic nitrogens is 1. The number of hydrogen-bond donors (Lipinski definition) is 0. The van der Waals surface area contributed by atoms with Gasteiger partial charge in [-0.3, -0.25) is 9.78 Å². The fourth-order valence-corrected chi connectivity index (χ4v) is 2.61. The molecular weight excluding hydrogens is 272 g/mol. The van der Waals surface area contributed by atoms with Crippen molar-refractivity contribution in [1.29, 1.82) is 0 Å². The minimum absolute atomic E-state index is 0.190. The van der Waals surface area contributed by atoms with Crippen LogP contribution in [0.5, 0.6) is 0 Å². The second-order valence-corrected chi connectivity index (χ2v) is 5.88. The molecule has 0 N–H and O–H groups in total. The number of carbonyl (C=O) groups is 1. The maximum atomic E-state index is 12.2. The minimum Gasteiger partial charge on any atom is -0.345 e. The average Bonchev–Trinajstić information content (AvgIpc) is 2.50. The third-order valence-corrected chi connectivity index (χ3v) is 3.76. The Morgan fingerprint density at radius 3 is 2.45 bits per heavy atom. The van der Waals surface area contributed by atoms with Gasteiger partial charge in [0.25, 0.3) is 0 Å². The summed E-state index contributed by atoms with van der Waals surface area (Å²) in [6.45, 7) is 4.90. The van der Waals surface area contributed by atoms with E-state index < -0.39 is 0 Å². The van der Waals surface area contributed by atoms with E-state index in [1.165, 1.54) is 16.7 Å². The van der Waals surface area contributed by atoms with Crippen LogP contribution in [0.4, 0.5) is 0 Å². The Bertz CT molecular complexity index is 602. The van der Waals surface area contributed by atoms with E-state index in [2.05, 4.69) is 37.0 Å². The van der Waals surface area contributed by atoms with Crippen molar-refractivity contribution < 1.29 is 4.79 Å². The Balaban J connectivity index is 1.81. The van der Waals surface area contributed by atoms with Crippen LogP contribution in [0.25, 0.3) is 0 Å². The van der Waals surface area contributed by atoms with E-state index in [1.54, 1.807) is 11.1 Å². The van der Waals surface area contributed by atoms with Crippen molar-refractivity contribution in [2.75, 3.05) is 13.6 Å². The third kappa shape index (κ3) is 4.99. The smallest absolute Gasteiger partial charge is 0.222 e. The SMILES string of the molecule is Cc1cc(C)cc(CCC(=O)N(C)CCc2ccccn2)c1. The Morgan fingerprint density at radius 1 is 1.09 bits per heavy atom. The molecule has 0 spiro atoms. The van der Waals surface area contributed by atoms with Crippen molar-refractivity contribution in [3.05, 3.63) is 65.0 Å². The van der Waals surface area contributed by atoms with Gasteiger partial charge in [-0.2, -0.15) is 0 Å². The van der Waals surface area contributed by atoms with Crippen LogP contribution in [0.3, 0.4) is 0 Å². The van der Waals surface area contributed by atoms with Gasteiger partial charge in [0.15, 0.2) is 0 Å². The fraction of sp³-hybridized carbons (Fsp3) is 0.368. The molecular formula is C19H24N2O. The van der Waals surface area contributed by atoms with Gasteiger partial charge in [0.05, 0.1) is 0 Å². The summed E-state index contributed by atoms with van der Waals surface area (Å²) in [6.07, 6.45) is 3.95. The number of carbonyl (C=O) groups excluding carboxylic acids is 1. The molecule has 0 unspecified atom stereocenters. The quantitative estimate of drug-likeness (QED) is 0.819. The van der Waals surface area contributed by atoms with Crippen molar-refractivity contribution in [3.63, 3.8) is 0 Å². The van der Waals surface area contributed by atoms with Crippen molar-refractivity contribution in [1.82, 2.24) is 9.88 Å². The molecule has 3 heteroatoms. The molecule has 0 radical (unpaired) electrons. The van der Waals surface area contributed by atoms with Gasteiger partial charge in [0.2, 0.25) is 5.91 Å². The lowest BCUT2D eigenvalue weighted by Crippen LogP contribution is -2.29. The van der Waals surface area contributed by atoms with Gasteiger partial charge in [0.1, 0.15) is 0 Å². The molecule has 0 saturated carbocycles. The summed E-state index contributed by atoms with van der Waals surface area (Å²) in [5, 5.41) is 0. The number of hydrogen-bond acceptors (Lipinski definition) is 2. The predicted molar refractivity (Wildman–Crippen MR) is 89.8 cm³/mol. The first-order chi connectivity index (χ1) is 10.5. The van der Waals surface area contributed by atoms with Gasteiger partial charge in [-0.05, 0) is 38.0 Å². The number of nitrogens with zero attached hydrogens (tertiary/aromatic N) is 2. The van der Waals surface area contributed by atoms with Crippen LogP contribution in [0.1, 0.15) is 28.8 Å². The molecule has 1 aromatic heterocycles. The Morgan fingerprint density at radius 2 is 1.82 bits per heavy atom. The molecule has 0 saturated heterocycles. The summed E-state index contributed by atoms with van der Waals surface area (Å²) < 4.78 is 0. The highest BCUT2D eigenvalue weighted by Gasteiger charge is 2.09. The molecule has 116 valence electrons. The second kappa shape index (κ2) is 7.74. The Hall–Kier alpha value is -2.16. The molecule has 1 amide bonds. The number of amides is 1. The van der Waals surface area contributed by atoms with E-state index in [0.29, 0.717) is 13.0 Å². The van der Waals surface area contributed by atoms with Crippen molar-refractivity contribution in [3.8, 4) is 0 Å². The Labute approximate surface area is 133 Å². The zero-order valence-electron chi connectivity index (χ0n) is 13.7. The molecule has 2 rings (SSSR count). The molecule has 3 nitrogen and oxygen atoms in total. The molecule has 0 aliphatic rings. The van der Waals surface area contributed by atoms with Crippen molar-refractivity contribution in [2.24, 2.45) is 0 Å². The maximum absolute atomic E-state index is 12.2. The highest BCUT2D eigenvalue weighted by molar-refractivity contribution is 5.76. The summed E-state index contributed by atoms with van der Waals surface area (Å²) in [7, 11) is 1.87. The number of pyridine rings is 1. The summed E-state index contributed by atoms with van der Waals surface area (Å²) in [6, 6.07) is 12.4. The maximum Gasteiger partial charge on any atom is 0.222 e. The number of likely N-dealkylation sites (N-methyl/N-ethyl adjacent to an activating group) is 1. The molecule has 1 aromatic carbocycles. The van der Waals surface area contributed by atoms with Gasteiger partial charge in [-0.1, -0.05) is 35.4 Å². The van der Waals surface area contributed by atoms with Crippen LogP contribution in [0.2, 0.25) is 0 Å². The van der Waals surface area contributed by atoms with E-state index in [-0.39, 0.29) is 5.91 Å². The topological polar surface area (TPSA) is 33.2 Å². The Kier molecular flexibility index (Phi) is 5.70. The summed E-state index contributed by atoms with van der Waals surface area (Å²) in [4.78, 5) is 18.3. The van der Waals surface area contributed by atoms with Gasteiger partial charge in [-0.25, -0.2) is 0 Å². The highest BCUT2D eigenvalue weighted by Crippen LogP contribution is 2.11. The lowest BCUT2D eigenvalue weighted by atomic mass is 10.0. The van der Waals surface area contributed by atoms with E-state index >= 15 is 0 Å². The zero-order valence-corrected chi connectivity index (χ0v) is 13.7. The molecule has 22 heavy (non-hydrogen) atoms. The van der Waals surface area contributed by atoms with E-state index in [0.717, 1.165) is 18.5 Å². The number of benzene rings is 1. The highest BCUT2D eigenvalue weighted by atomic mass is 16.2. The first-order valence-electron chi connectivity index (χ1n) is 7.75. The van der Waals surface area contributed by atoms with Gasteiger partial charge in [0, 0.05) is 38.3 Å². The van der Waals surface area contributed by atoms with Crippen LogP contribution in [-0.2, 0) is 17.6 Å². The fourth-order valence-electron chi connectivity index (χ4n) is 2.61. The lowest BCUT2D eigenvalue weighted by Gasteiger charge is -2.17. The molecule has 1 heterocycles. The largest absolute Gasteiger partial charge is 0.345 e.